The van der Waals surface area contributed by atoms with E-state index in [-0.39, 0.29) is 12.1 Å². The molecule has 1 rings (SSSR count). The molecule has 0 aromatic carbocycles. The largest absolute Gasteiger partial charge is 0.460 e. The summed E-state index contributed by atoms with van der Waals surface area (Å²) in [7, 11) is 0. The van der Waals surface area contributed by atoms with Gasteiger partial charge in [0.25, 0.3) is 0 Å². The van der Waals surface area contributed by atoms with E-state index in [1.807, 2.05) is 0 Å². The van der Waals surface area contributed by atoms with Gasteiger partial charge in [-0.15, -0.1) is 0 Å². The van der Waals surface area contributed by atoms with Crippen LogP contribution in [0.25, 0.3) is 0 Å². The third kappa shape index (κ3) is 3.66. The topological polar surface area (TPSA) is 46.5 Å². The Morgan fingerprint density at radius 2 is 2.29 bits per heavy atom. The number of aliphatic hydroxyl groups excluding tert-OH is 1. The molecular formula is C11H20O3. The van der Waals surface area contributed by atoms with Crippen LogP contribution in [-0.4, -0.2) is 23.3 Å². The van der Waals surface area contributed by atoms with E-state index in [0.717, 1.165) is 19.3 Å². The van der Waals surface area contributed by atoms with Crippen molar-refractivity contribution in [1.82, 2.24) is 0 Å². The molecule has 3 nitrogen and oxygen atoms in total. The molecule has 0 aliphatic carbocycles. The SMILES string of the molecule is CCCCCC[C@H](O)[C@@H]1CCC(=O)O1. The summed E-state index contributed by atoms with van der Waals surface area (Å²) in [6.07, 6.45) is 5.85. The number of rotatable bonds is 6. The Morgan fingerprint density at radius 3 is 2.86 bits per heavy atom. The second kappa shape index (κ2) is 6.02. The molecule has 0 aromatic heterocycles. The normalized spacial score (nSPS) is 23.6. The third-order valence-corrected chi connectivity index (χ3v) is 2.70. The maximum Gasteiger partial charge on any atom is 0.306 e. The Balaban J connectivity index is 2.09. The average molecular weight is 200 g/mol. The van der Waals surface area contributed by atoms with E-state index in [9.17, 15) is 9.90 Å². The Labute approximate surface area is 85.5 Å². The van der Waals surface area contributed by atoms with Crippen LogP contribution in [-0.2, 0) is 9.53 Å². The van der Waals surface area contributed by atoms with E-state index >= 15 is 0 Å². The van der Waals surface area contributed by atoms with Crippen molar-refractivity contribution in [2.75, 3.05) is 0 Å². The van der Waals surface area contributed by atoms with E-state index in [2.05, 4.69) is 6.92 Å². The van der Waals surface area contributed by atoms with Crippen LogP contribution in [0.5, 0.6) is 0 Å². The first-order valence-electron chi connectivity index (χ1n) is 5.61. The van der Waals surface area contributed by atoms with Crippen molar-refractivity contribution in [2.24, 2.45) is 0 Å². The lowest BCUT2D eigenvalue weighted by atomic mass is 10.0. The van der Waals surface area contributed by atoms with Crippen LogP contribution >= 0.6 is 0 Å². The third-order valence-electron chi connectivity index (χ3n) is 2.70. The molecular weight excluding hydrogens is 180 g/mol. The zero-order valence-corrected chi connectivity index (χ0v) is 8.87. The van der Waals surface area contributed by atoms with Crippen LogP contribution in [0.2, 0.25) is 0 Å². The van der Waals surface area contributed by atoms with Crippen LogP contribution in [0, 0.1) is 0 Å². The van der Waals surface area contributed by atoms with Gasteiger partial charge in [-0.1, -0.05) is 32.6 Å². The summed E-state index contributed by atoms with van der Waals surface area (Å²) in [6.45, 7) is 2.16. The quantitative estimate of drug-likeness (QED) is 0.527. The van der Waals surface area contributed by atoms with Crippen molar-refractivity contribution in [3.05, 3.63) is 0 Å². The number of hydrogen-bond acceptors (Lipinski definition) is 3. The monoisotopic (exact) mass is 200 g/mol. The van der Waals surface area contributed by atoms with Crippen molar-refractivity contribution in [1.29, 1.82) is 0 Å². The highest BCUT2D eigenvalue weighted by atomic mass is 16.6. The zero-order valence-electron chi connectivity index (χ0n) is 8.87. The van der Waals surface area contributed by atoms with Gasteiger partial charge in [-0.3, -0.25) is 4.79 Å². The zero-order chi connectivity index (χ0) is 10.4. The fraction of sp³-hybridized carbons (Fsp3) is 0.909. The molecule has 3 heteroatoms. The number of unbranched alkanes of at least 4 members (excludes halogenated alkanes) is 3. The number of cyclic esters (lactones) is 1. The summed E-state index contributed by atoms with van der Waals surface area (Å²) in [5.41, 5.74) is 0. The van der Waals surface area contributed by atoms with Gasteiger partial charge in [0.1, 0.15) is 6.10 Å². The molecule has 0 bridgehead atoms. The van der Waals surface area contributed by atoms with E-state index in [4.69, 9.17) is 4.74 Å². The van der Waals surface area contributed by atoms with Crippen LogP contribution in [0.3, 0.4) is 0 Å². The van der Waals surface area contributed by atoms with Gasteiger partial charge in [-0.2, -0.15) is 0 Å². The molecule has 1 saturated heterocycles. The minimum absolute atomic E-state index is 0.164. The highest BCUT2D eigenvalue weighted by molar-refractivity contribution is 5.71. The molecule has 0 radical (unpaired) electrons. The Bertz CT molecular complexity index is 179. The molecule has 1 aliphatic rings. The van der Waals surface area contributed by atoms with Gasteiger partial charge in [0.15, 0.2) is 0 Å². The standard InChI is InChI=1S/C11H20O3/c1-2-3-4-5-6-9(12)10-7-8-11(13)14-10/h9-10,12H,2-8H2,1H3/t9-,10-/m0/s1. The molecule has 0 spiro atoms. The van der Waals surface area contributed by atoms with Gasteiger partial charge in [0, 0.05) is 6.42 Å². The fourth-order valence-electron chi connectivity index (χ4n) is 1.78. The van der Waals surface area contributed by atoms with E-state index in [1.54, 1.807) is 0 Å². The minimum Gasteiger partial charge on any atom is -0.460 e. The molecule has 0 saturated carbocycles. The predicted molar refractivity (Wildman–Crippen MR) is 53.9 cm³/mol. The van der Waals surface area contributed by atoms with Gasteiger partial charge in [0.2, 0.25) is 0 Å². The van der Waals surface area contributed by atoms with Gasteiger partial charge in [-0.05, 0) is 12.8 Å². The van der Waals surface area contributed by atoms with Gasteiger partial charge < -0.3 is 9.84 Å². The van der Waals surface area contributed by atoms with Crippen molar-refractivity contribution >= 4 is 5.97 Å². The maximum atomic E-state index is 10.8. The highest BCUT2D eigenvalue weighted by Crippen LogP contribution is 2.20. The maximum absolute atomic E-state index is 10.8. The number of carbonyl (C=O) groups excluding carboxylic acids is 1. The Morgan fingerprint density at radius 1 is 1.50 bits per heavy atom. The Hall–Kier alpha value is -0.570. The van der Waals surface area contributed by atoms with Crippen molar-refractivity contribution in [2.45, 2.75) is 64.1 Å². The van der Waals surface area contributed by atoms with Crippen LogP contribution in [0.1, 0.15) is 51.9 Å². The lowest BCUT2D eigenvalue weighted by Crippen LogP contribution is -2.25. The second-order valence-corrected chi connectivity index (χ2v) is 3.98. The lowest BCUT2D eigenvalue weighted by molar-refractivity contribution is -0.145. The predicted octanol–water partition coefficient (Wildman–Crippen LogP) is 2.02. The summed E-state index contributed by atoms with van der Waals surface area (Å²) in [5, 5.41) is 9.69. The second-order valence-electron chi connectivity index (χ2n) is 3.98. The van der Waals surface area contributed by atoms with Crippen molar-refractivity contribution in [3.63, 3.8) is 0 Å². The Kier molecular flexibility index (Phi) is 4.94. The molecule has 1 fully saturated rings. The molecule has 1 N–H and O–H groups in total. The fourth-order valence-corrected chi connectivity index (χ4v) is 1.78. The number of carbonyl (C=O) groups is 1. The molecule has 1 heterocycles. The van der Waals surface area contributed by atoms with E-state index in [0.29, 0.717) is 12.8 Å². The molecule has 0 aromatic rings. The molecule has 0 amide bonds. The first-order valence-corrected chi connectivity index (χ1v) is 5.61. The van der Waals surface area contributed by atoms with E-state index < -0.39 is 6.10 Å². The summed E-state index contributed by atoms with van der Waals surface area (Å²) < 4.78 is 4.99. The molecule has 82 valence electrons. The van der Waals surface area contributed by atoms with Gasteiger partial charge in [0.05, 0.1) is 6.10 Å². The highest BCUT2D eigenvalue weighted by Gasteiger charge is 2.29. The molecule has 2 atom stereocenters. The summed E-state index contributed by atoms with van der Waals surface area (Å²) in [6, 6.07) is 0. The lowest BCUT2D eigenvalue weighted by Gasteiger charge is -2.16. The average Bonchev–Trinajstić information content (AvgIpc) is 2.59. The first-order chi connectivity index (χ1) is 6.74. The first kappa shape index (κ1) is 11.5. The van der Waals surface area contributed by atoms with Crippen molar-refractivity contribution in [3.8, 4) is 0 Å². The van der Waals surface area contributed by atoms with Crippen molar-refractivity contribution < 1.29 is 14.6 Å². The number of aliphatic hydroxyl groups is 1. The van der Waals surface area contributed by atoms with Crippen LogP contribution < -0.4 is 0 Å². The summed E-state index contributed by atoms with van der Waals surface area (Å²) >= 11 is 0. The van der Waals surface area contributed by atoms with Crippen LogP contribution in [0.4, 0.5) is 0 Å². The number of hydrogen-bond donors (Lipinski definition) is 1. The van der Waals surface area contributed by atoms with Gasteiger partial charge >= 0.3 is 5.97 Å². The smallest absolute Gasteiger partial charge is 0.306 e. The number of ether oxygens (including phenoxy) is 1. The number of esters is 1. The molecule has 1 aliphatic heterocycles. The molecule has 14 heavy (non-hydrogen) atoms. The van der Waals surface area contributed by atoms with Crippen LogP contribution in [0.15, 0.2) is 0 Å². The summed E-state index contributed by atoms with van der Waals surface area (Å²) in [4.78, 5) is 10.8. The summed E-state index contributed by atoms with van der Waals surface area (Å²) in [5.74, 6) is -0.164. The molecule has 0 unspecified atom stereocenters. The van der Waals surface area contributed by atoms with Gasteiger partial charge in [-0.25, -0.2) is 0 Å². The minimum atomic E-state index is -0.446. The van der Waals surface area contributed by atoms with E-state index in [1.165, 1.54) is 12.8 Å².